The van der Waals surface area contributed by atoms with Gasteiger partial charge in [0.2, 0.25) is 0 Å². The molecule has 15 heavy (non-hydrogen) atoms. The first-order valence-corrected chi connectivity index (χ1v) is 5.28. The van der Waals surface area contributed by atoms with Crippen molar-refractivity contribution in [3.8, 4) is 0 Å². The van der Waals surface area contributed by atoms with Gasteiger partial charge >= 0.3 is 0 Å². The van der Waals surface area contributed by atoms with Crippen LogP contribution in [0.25, 0.3) is 0 Å². The summed E-state index contributed by atoms with van der Waals surface area (Å²) in [6, 6.07) is 10.1. The Morgan fingerprint density at radius 1 is 1.13 bits per heavy atom. The quantitative estimate of drug-likeness (QED) is 0.753. The molecule has 0 radical (unpaired) electrons. The van der Waals surface area contributed by atoms with E-state index < -0.39 is 0 Å². The van der Waals surface area contributed by atoms with Gasteiger partial charge in [0.25, 0.3) is 0 Å². The lowest BCUT2D eigenvalue weighted by molar-refractivity contribution is -0.180. The maximum atomic E-state index is 11.0. The molecule has 1 heterocycles. The summed E-state index contributed by atoms with van der Waals surface area (Å²) in [7, 11) is 0. The van der Waals surface area contributed by atoms with E-state index in [-0.39, 0.29) is 0 Å². The summed E-state index contributed by atoms with van der Waals surface area (Å²) in [6.07, 6.45) is 1.24. The molecular weight excluding hydrogens is 190 g/mol. The summed E-state index contributed by atoms with van der Waals surface area (Å²) in [4.78, 5) is 16.6. The Hall–Kier alpha value is -1.19. The zero-order valence-electron chi connectivity index (χ0n) is 8.69. The third-order valence-electron chi connectivity index (χ3n) is 2.54. The van der Waals surface area contributed by atoms with Crippen molar-refractivity contribution < 1.29 is 9.63 Å². The lowest BCUT2D eigenvalue weighted by Gasteiger charge is -2.24. The monoisotopic (exact) mass is 205 g/mol. The molecule has 0 bridgehead atoms. The van der Waals surface area contributed by atoms with Crippen molar-refractivity contribution in [1.82, 2.24) is 5.06 Å². The lowest BCUT2D eigenvalue weighted by atomic mass is 10.1. The van der Waals surface area contributed by atoms with Gasteiger partial charge in [-0.3, -0.25) is 9.63 Å². The Labute approximate surface area is 89.6 Å². The topological polar surface area (TPSA) is 29.5 Å². The van der Waals surface area contributed by atoms with E-state index in [2.05, 4.69) is 0 Å². The average Bonchev–Trinajstić information content (AvgIpc) is 2.30. The number of rotatable bonds is 3. The Kier molecular flexibility index (Phi) is 3.48. The van der Waals surface area contributed by atoms with Crippen LogP contribution in [0.15, 0.2) is 30.3 Å². The SMILES string of the molecule is O=C1CCN(OCc2ccccc2)CC1. The normalized spacial score (nSPS) is 18.0. The van der Waals surface area contributed by atoms with E-state index in [1.54, 1.807) is 0 Å². The minimum atomic E-state index is 0.342. The van der Waals surface area contributed by atoms with Crippen molar-refractivity contribution in [2.24, 2.45) is 0 Å². The van der Waals surface area contributed by atoms with Crippen LogP contribution in [-0.2, 0) is 16.2 Å². The molecule has 3 nitrogen and oxygen atoms in total. The van der Waals surface area contributed by atoms with Gasteiger partial charge in [-0.2, -0.15) is 5.06 Å². The number of piperidine rings is 1. The smallest absolute Gasteiger partial charge is 0.135 e. The predicted molar refractivity (Wildman–Crippen MR) is 57.0 cm³/mol. The van der Waals surface area contributed by atoms with E-state index in [4.69, 9.17) is 4.84 Å². The first kappa shape index (κ1) is 10.3. The zero-order chi connectivity index (χ0) is 10.5. The van der Waals surface area contributed by atoms with Crippen LogP contribution in [0.1, 0.15) is 18.4 Å². The molecule has 0 N–H and O–H groups in total. The molecule has 80 valence electrons. The molecule has 2 rings (SSSR count). The third kappa shape index (κ3) is 3.15. The van der Waals surface area contributed by atoms with E-state index in [1.165, 1.54) is 0 Å². The molecule has 0 aromatic heterocycles. The number of nitrogens with zero attached hydrogens (tertiary/aromatic N) is 1. The van der Waals surface area contributed by atoms with E-state index >= 15 is 0 Å². The van der Waals surface area contributed by atoms with Gasteiger partial charge in [0.15, 0.2) is 0 Å². The summed E-state index contributed by atoms with van der Waals surface area (Å²) in [5.41, 5.74) is 1.16. The minimum absolute atomic E-state index is 0.342. The summed E-state index contributed by atoms with van der Waals surface area (Å²) >= 11 is 0. The summed E-state index contributed by atoms with van der Waals surface area (Å²) in [6.45, 7) is 2.05. The molecule has 0 saturated carbocycles. The number of carbonyl (C=O) groups is 1. The van der Waals surface area contributed by atoms with Crippen molar-refractivity contribution >= 4 is 5.78 Å². The Balaban J connectivity index is 1.77. The van der Waals surface area contributed by atoms with E-state index in [0.717, 1.165) is 18.7 Å². The molecule has 1 aliphatic heterocycles. The Bertz CT molecular complexity index is 314. The standard InChI is InChI=1S/C12H15NO2/c14-12-6-8-13(9-7-12)15-10-11-4-2-1-3-5-11/h1-5H,6-10H2. The number of benzene rings is 1. The largest absolute Gasteiger partial charge is 0.300 e. The second-order valence-electron chi connectivity index (χ2n) is 3.73. The van der Waals surface area contributed by atoms with Gasteiger partial charge in [0.05, 0.1) is 6.61 Å². The highest BCUT2D eigenvalue weighted by Gasteiger charge is 2.16. The van der Waals surface area contributed by atoms with Crippen molar-refractivity contribution in [1.29, 1.82) is 0 Å². The van der Waals surface area contributed by atoms with Gasteiger partial charge < -0.3 is 0 Å². The van der Waals surface area contributed by atoms with E-state index in [1.807, 2.05) is 35.4 Å². The maximum absolute atomic E-state index is 11.0. The molecule has 1 aromatic rings. The first-order valence-electron chi connectivity index (χ1n) is 5.28. The summed E-state index contributed by atoms with van der Waals surface area (Å²) in [5, 5.41) is 1.88. The number of Topliss-reactive ketones (excluding diaryl/α,β-unsaturated/α-hetero) is 1. The lowest BCUT2D eigenvalue weighted by Crippen LogP contribution is -2.33. The molecule has 0 spiro atoms. The molecular formula is C12H15NO2. The zero-order valence-corrected chi connectivity index (χ0v) is 8.69. The van der Waals surface area contributed by atoms with Crippen LogP contribution in [0.2, 0.25) is 0 Å². The molecule has 0 atom stereocenters. The molecule has 0 unspecified atom stereocenters. The van der Waals surface area contributed by atoms with Crippen LogP contribution in [0.5, 0.6) is 0 Å². The number of ketones is 1. The van der Waals surface area contributed by atoms with Crippen LogP contribution in [0.3, 0.4) is 0 Å². The Morgan fingerprint density at radius 2 is 1.80 bits per heavy atom. The second kappa shape index (κ2) is 5.05. The van der Waals surface area contributed by atoms with Crippen molar-refractivity contribution in [3.05, 3.63) is 35.9 Å². The van der Waals surface area contributed by atoms with Gasteiger partial charge in [0, 0.05) is 25.9 Å². The molecule has 0 aliphatic carbocycles. The van der Waals surface area contributed by atoms with Crippen molar-refractivity contribution in [3.63, 3.8) is 0 Å². The number of carbonyl (C=O) groups excluding carboxylic acids is 1. The van der Waals surface area contributed by atoms with Gasteiger partial charge in [-0.15, -0.1) is 0 Å². The molecule has 1 aromatic carbocycles. The minimum Gasteiger partial charge on any atom is -0.300 e. The predicted octanol–water partition coefficient (Wildman–Crippen LogP) is 1.78. The molecule has 1 saturated heterocycles. The number of hydroxylamine groups is 2. The maximum Gasteiger partial charge on any atom is 0.135 e. The van der Waals surface area contributed by atoms with E-state index in [0.29, 0.717) is 25.2 Å². The summed E-state index contributed by atoms with van der Waals surface area (Å²) < 4.78 is 0. The fourth-order valence-corrected chi connectivity index (χ4v) is 1.60. The molecule has 3 heteroatoms. The fourth-order valence-electron chi connectivity index (χ4n) is 1.60. The van der Waals surface area contributed by atoms with Gasteiger partial charge in [-0.25, -0.2) is 0 Å². The van der Waals surface area contributed by atoms with Crippen molar-refractivity contribution in [2.75, 3.05) is 13.1 Å². The molecule has 0 amide bonds. The average molecular weight is 205 g/mol. The highest BCUT2D eigenvalue weighted by atomic mass is 16.7. The van der Waals surface area contributed by atoms with E-state index in [9.17, 15) is 4.79 Å². The van der Waals surface area contributed by atoms with Crippen LogP contribution in [0.4, 0.5) is 0 Å². The molecule has 1 aliphatic rings. The van der Waals surface area contributed by atoms with Crippen LogP contribution < -0.4 is 0 Å². The second-order valence-corrected chi connectivity index (χ2v) is 3.73. The van der Waals surface area contributed by atoms with Gasteiger partial charge in [-0.05, 0) is 5.56 Å². The molecule has 1 fully saturated rings. The van der Waals surface area contributed by atoms with Gasteiger partial charge in [0.1, 0.15) is 5.78 Å². The van der Waals surface area contributed by atoms with Gasteiger partial charge in [-0.1, -0.05) is 30.3 Å². The summed E-state index contributed by atoms with van der Waals surface area (Å²) in [5.74, 6) is 0.342. The number of hydrogen-bond donors (Lipinski definition) is 0. The first-order chi connectivity index (χ1) is 7.34. The Morgan fingerprint density at radius 3 is 2.47 bits per heavy atom. The van der Waals surface area contributed by atoms with Crippen molar-refractivity contribution in [2.45, 2.75) is 19.4 Å². The van der Waals surface area contributed by atoms with Crippen LogP contribution >= 0.6 is 0 Å². The third-order valence-corrected chi connectivity index (χ3v) is 2.54. The highest BCUT2D eigenvalue weighted by Crippen LogP contribution is 2.08. The number of hydrogen-bond acceptors (Lipinski definition) is 3. The fraction of sp³-hybridized carbons (Fsp3) is 0.417. The van der Waals surface area contributed by atoms with Crippen LogP contribution in [0, 0.1) is 0 Å². The highest BCUT2D eigenvalue weighted by molar-refractivity contribution is 5.79. The van der Waals surface area contributed by atoms with Crippen LogP contribution in [-0.4, -0.2) is 23.9 Å².